The average Bonchev–Trinajstić information content (AvgIpc) is 3.06. The fourth-order valence-electron chi connectivity index (χ4n) is 2.64. The van der Waals surface area contributed by atoms with Gasteiger partial charge in [0.25, 0.3) is 6.43 Å². The average molecular weight is 427 g/mol. The Morgan fingerprint density at radius 3 is 2.14 bits per heavy atom. The lowest BCUT2D eigenvalue weighted by Gasteiger charge is -2.11. The molecule has 0 fully saturated rings. The number of benzene rings is 2. The Balaban J connectivity index is 2.25. The highest BCUT2D eigenvalue weighted by Gasteiger charge is 2.22. The van der Waals surface area contributed by atoms with Gasteiger partial charge in [0.05, 0.1) is 16.3 Å². The molecule has 0 bridgehead atoms. The molecule has 3 aromatic rings. The zero-order valence-corrected chi connectivity index (χ0v) is 16.1. The molecule has 1 aromatic heterocycles. The van der Waals surface area contributed by atoms with Gasteiger partial charge in [-0.05, 0) is 30.3 Å². The van der Waals surface area contributed by atoms with Crippen molar-refractivity contribution in [3.8, 4) is 16.9 Å². The van der Waals surface area contributed by atoms with Gasteiger partial charge in [-0.2, -0.15) is 5.10 Å². The molecule has 0 amide bonds. The summed E-state index contributed by atoms with van der Waals surface area (Å²) in [7, 11) is -7.58. The van der Waals surface area contributed by atoms with Gasteiger partial charge in [0.2, 0.25) is 10.0 Å². The summed E-state index contributed by atoms with van der Waals surface area (Å²) in [5, 5.41) is 9.06. The van der Waals surface area contributed by atoms with Crippen molar-refractivity contribution in [1.29, 1.82) is 0 Å². The molecule has 0 aliphatic heterocycles. The summed E-state index contributed by atoms with van der Waals surface area (Å²) in [5.41, 5.74) is -0.0343. The number of aromatic nitrogens is 2. The second-order valence-corrected chi connectivity index (χ2v) is 9.52. The first-order chi connectivity index (χ1) is 13.0. The van der Waals surface area contributed by atoms with Gasteiger partial charge in [-0.15, -0.1) is 0 Å². The molecule has 1 heterocycles. The minimum absolute atomic E-state index is 0.000843. The molecular formula is C17H15F2N3O4S2. The minimum Gasteiger partial charge on any atom is -0.231 e. The van der Waals surface area contributed by atoms with Crippen LogP contribution in [0.3, 0.4) is 0 Å². The number of nitrogens with zero attached hydrogens (tertiary/aromatic N) is 2. The Bertz CT molecular complexity index is 1240. The van der Waals surface area contributed by atoms with E-state index in [1.165, 1.54) is 48.5 Å². The number of halogens is 2. The Hall–Kier alpha value is -2.63. The van der Waals surface area contributed by atoms with Gasteiger partial charge >= 0.3 is 0 Å². The van der Waals surface area contributed by atoms with E-state index in [1.54, 1.807) is 0 Å². The molecule has 3 rings (SSSR count). The molecule has 7 nitrogen and oxygen atoms in total. The van der Waals surface area contributed by atoms with Crippen molar-refractivity contribution in [2.75, 3.05) is 6.26 Å². The van der Waals surface area contributed by atoms with Crippen LogP contribution < -0.4 is 5.14 Å². The summed E-state index contributed by atoms with van der Waals surface area (Å²) in [5.74, 6) is 0. The SMILES string of the molecule is CS(=O)(=O)c1ccc(-c2cc(C(F)F)nn2-c2ccccc2S(N)(=O)=O)cc1. The fraction of sp³-hybridized carbons (Fsp3) is 0.118. The number of primary sulfonamides is 1. The standard InChI is InChI=1S/C17H15F2N3O4S2/c1-27(23,24)12-8-6-11(7-9-12)15-10-13(17(18)19)21-22(15)14-4-2-3-5-16(14)28(20,25)26/h2-10,17H,1H3,(H2,20,25,26). The normalized spacial score (nSPS) is 12.5. The van der Waals surface area contributed by atoms with Crippen LogP contribution >= 0.6 is 0 Å². The van der Waals surface area contributed by atoms with E-state index >= 15 is 0 Å². The van der Waals surface area contributed by atoms with Crippen LogP contribution in [-0.4, -0.2) is 32.9 Å². The summed E-state index contributed by atoms with van der Waals surface area (Å²) in [6.07, 6.45) is -1.85. The van der Waals surface area contributed by atoms with Crippen LogP contribution in [0, 0.1) is 0 Å². The second-order valence-electron chi connectivity index (χ2n) is 5.98. The molecule has 0 saturated carbocycles. The summed E-state index contributed by atoms with van der Waals surface area (Å²) < 4.78 is 74.6. The predicted octanol–water partition coefficient (Wildman–Crippen LogP) is 2.53. The van der Waals surface area contributed by atoms with E-state index in [2.05, 4.69) is 5.10 Å². The molecule has 0 unspecified atom stereocenters. The maximum atomic E-state index is 13.2. The molecule has 0 radical (unpaired) electrons. The van der Waals surface area contributed by atoms with Crippen molar-refractivity contribution in [2.24, 2.45) is 5.14 Å². The van der Waals surface area contributed by atoms with E-state index in [0.29, 0.717) is 5.56 Å². The van der Waals surface area contributed by atoms with Crippen molar-refractivity contribution >= 4 is 19.9 Å². The summed E-state index contributed by atoms with van der Waals surface area (Å²) >= 11 is 0. The van der Waals surface area contributed by atoms with Crippen molar-refractivity contribution in [1.82, 2.24) is 9.78 Å². The van der Waals surface area contributed by atoms with Crippen LogP contribution in [0.25, 0.3) is 16.9 Å². The molecule has 0 saturated heterocycles. The lowest BCUT2D eigenvalue weighted by molar-refractivity contribution is 0.145. The number of rotatable bonds is 5. The van der Waals surface area contributed by atoms with Crippen molar-refractivity contribution in [3.63, 3.8) is 0 Å². The van der Waals surface area contributed by atoms with Crippen LogP contribution in [0.1, 0.15) is 12.1 Å². The molecule has 28 heavy (non-hydrogen) atoms. The van der Waals surface area contributed by atoms with Crippen molar-refractivity contribution < 1.29 is 25.6 Å². The first kappa shape index (κ1) is 20.1. The maximum Gasteiger partial charge on any atom is 0.282 e. The van der Waals surface area contributed by atoms with Crippen LogP contribution in [-0.2, 0) is 19.9 Å². The second kappa shape index (κ2) is 7.08. The highest BCUT2D eigenvalue weighted by molar-refractivity contribution is 7.90. The van der Waals surface area contributed by atoms with E-state index in [9.17, 15) is 25.6 Å². The number of sulfone groups is 1. The summed E-state index contributed by atoms with van der Waals surface area (Å²) in [4.78, 5) is -0.228. The number of nitrogens with two attached hydrogens (primary N) is 1. The van der Waals surface area contributed by atoms with Crippen LogP contribution in [0.15, 0.2) is 64.4 Å². The van der Waals surface area contributed by atoms with E-state index < -0.39 is 32.0 Å². The zero-order chi connectivity index (χ0) is 20.7. The molecule has 0 atom stereocenters. The van der Waals surface area contributed by atoms with Gasteiger partial charge in [-0.25, -0.2) is 35.4 Å². The first-order valence-corrected chi connectivity index (χ1v) is 11.2. The first-order valence-electron chi connectivity index (χ1n) is 7.79. The number of hydrogen-bond acceptors (Lipinski definition) is 5. The number of sulfonamides is 1. The minimum atomic E-state index is -4.15. The fourth-order valence-corrected chi connectivity index (χ4v) is 3.99. The van der Waals surface area contributed by atoms with Crippen molar-refractivity contribution in [3.05, 3.63) is 60.3 Å². The third kappa shape index (κ3) is 3.96. The van der Waals surface area contributed by atoms with E-state index in [1.807, 2.05) is 0 Å². The van der Waals surface area contributed by atoms with E-state index in [0.717, 1.165) is 17.0 Å². The van der Waals surface area contributed by atoms with E-state index in [-0.39, 0.29) is 21.2 Å². The summed E-state index contributed by atoms with van der Waals surface area (Å²) in [6.45, 7) is 0. The van der Waals surface area contributed by atoms with Crippen LogP contribution in [0.4, 0.5) is 8.78 Å². The number of alkyl halides is 2. The zero-order valence-electron chi connectivity index (χ0n) is 14.5. The Labute approximate surface area is 160 Å². The van der Waals surface area contributed by atoms with Crippen LogP contribution in [0.2, 0.25) is 0 Å². The third-order valence-electron chi connectivity index (χ3n) is 3.93. The topological polar surface area (TPSA) is 112 Å². The van der Waals surface area contributed by atoms with E-state index in [4.69, 9.17) is 5.14 Å². The predicted molar refractivity (Wildman–Crippen MR) is 98.4 cm³/mol. The molecule has 148 valence electrons. The maximum absolute atomic E-state index is 13.2. The molecule has 0 aliphatic rings. The molecule has 0 spiro atoms. The van der Waals surface area contributed by atoms with Gasteiger partial charge in [0.15, 0.2) is 9.84 Å². The molecule has 2 aromatic carbocycles. The Morgan fingerprint density at radius 1 is 1.00 bits per heavy atom. The monoisotopic (exact) mass is 427 g/mol. The molecule has 0 aliphatic carbocycles. The summed E-state index contributed by atoms with van der Waals surface area (Å²) in [6, 6.07) is 12.2. The lowest BCUT2D eigenvalue weighted by atomic mass is 10.1. The highest BCUT2D eigenvalue weighted by Crippen LogP contribution is 2.30. The van der Waals surface area contributed by atoms with Gasteiger partial charge in [-0.3, -0.25) is 0 Å². The van der Waals surface area contributed by atoms with Gasteiger partial charge in [-0.1, -0.05) is 24.3 Å². The van der Waals surface area contributed by atoms with Crippen molar-refractivity contribution in [2.45, 2.75) is 16.2 Å². The third-order valence-corrected chi connectivity index (χ3v) is 6.02. The molecule has 2 N–H and O–H groups in total. The smallest absolute Gasteiger partial charge is 0.231 e. The quantitative estimate of drug-likeness (QED) is 0.672. The number of hydrogen-bond donors (Lipinski definition) is 1. The number of para-hydroxylation sites is 1. The Kier molecular flexibility index (Phi) is 5.08. The molecule has 11 heteroatoms. The van der Waals surface area contributed by atoms with Gasteiger partial charge in [0.1, 0.15) is 10.6 Å². The van der Waals surface area contributed by atoms with Gasteiger partial charge < -0.3 is 0 Å². The highest BCUT2D eigenvalue weighted by atomic mass is 32.2. The molecular weight excluding hydrogens is 412 g/mol. The van der Waals surface area contributed by atoms with Crippen LogP contribution in [0.5, 0.6) is 0 Å². The van der Waals surface area contributed by atoms with Gasteiger partial charge in [0, 0.05) is 11.8 Å². The Morgan fingerprint density at radius 2 is 1.61 bits per heavy atom. The largest absolute Gasteiger partial charge is 0.282 e. The lowest BCUT2D eigenvalue weighted by Crippen LogP contribution is -2.16.